The molecule has 0 atom stereocenters. The largest absolute Gasteiger partial charge is 0.478 e. The molecule has 6 heteroatoms. The van der Waals surface area contributed by atoms with Gasteiger partial charge in [0.25, 0.3) is 0 Å². The minimum absolute atomic E-state index is 0.133. The van der Waals surface area contributed by atoms with E-state index in [1.54, 1.807) is 32.9 Å². The number of carboxylic acids is 1. The van der Waals surface area contributed by atoms with Gasteiger partial charge in [0.15, 0.2) is 0 Å². The van der Waals surface area contributed by atoms with E-state index in [-0.39, 0.29) is 10.9 Å². The second-order valence-electron chi connectivity index (χ2n) is 4.80. The first-order valence-electron chi connectivity index (χ1n) is 6.16. The fourth-order valence-electron chi connectivity index (χ4n) is 1.60. The lowest BCUT2D eigenvalue weighted by atomic mass is 10.1. The average molecular weight is 297 g/mol. The van der Waals surface area contributed by atoms with E-state index in [1.807, 2.05) is 0 Å². The lowest BCUT2D eigenvalue weighted by Gasteiger charge is -2.21. The van der Waals surface area contributed by atoms with Crippen LogP contribution in [0, 0.1) is 6.92 Å². The molecule has 1 rings (SSSR count). The topological polar surface area (TPSA) is 74.7 Å². The molecule has 5 nitrogen and oxygen atoms in total. The van der Waals surface area contributed by atoms with Crippen LogP contribution in [0.15, 0.2) is 29.2 Å². The molecule has 0 amide bonds. The molecule has 0 heterocycles. The highest BCUT2D eigenvalue weighted by atomic mass is 32.2. The Morgan fingerprint density at radius 3 is 2.40 bits per heavy atom. The number of aliphatic carboxylic acids is 1. The van der Waals surface area contributed by atoms with Crippen molar-refractivity contribution in [3.8, 4) is 0 Å². The number of rotatable bonds is 5. The normalized spacial score (nSPS) is 12.5. The number of nitrogens with zero attached hydrogens (tertiary/aromatic N) is 1. The van der Waals surface area contributed by atoms with Gasteiger partial charge in [0.1, 0.15) is 0 Å². The van der Waals surface area contributed by atoms with Crippen LogP contribution < -0.4 is 0 Å². The number of carboxylic acid groups (broad SMARTS) is 1. The maximum atomic E-state index is 12.3. The molecule has 0 radical (unpaired) electrons. The third kappa shape index (κ3) is 3.68. The summed E-state index contributed by atoms with van der Waals surface area (Å²) in [5.41, 5.74) is 1.39. The lowest BCUT2D eigenvalue weighted by molar-refractivity contribution is -0.131. The van der Waals surface area contributed by atoms with Gasteiger partial charge in [0, 0.05) is 19.2 Å². The van der Waals surface area contributed by atoms with E-state index in [0.29, 0.717) is 11.1 Å². The number of sulfonamides is 1. The molecule has 0 bridgehead atoms. The van der Waals surface area contributed by atoms with Crippen LogP contribution in [-0.2, 0) is 14.8 Å². The fourth-order valence-corrected chi connectivity index (χ4v) is 3.05. The highest BCUT2D eigenvalue weighted by Crippen LogP contribution is 2.20. The molecule has 0 saturated heterocycles. The highest BCUT2D eigenvalue weighted by Gasteiger charge is 2.23. The van der Waals surface area contributed by atoms with Crippen molar-refractivity contribution in [3.05, 3.63) is 35.4 Å². The van der Waals surface area contributed by atoms with Gasteiger partial charge < -0.3 is 5.11 Å². The minimum atomic E-state index is -3.52. The molecule has 1 aromatic carbocycles. The van der Waals surface area contributed by atoms with E-state index in [1.165, 1.54) is 23.5 Å². The summed E-state index contributed by atoms with van der Waals surface area (Å²) in [6.07, 6.45) is 2.47. The van der Waals surface area contributed by atoms with E-state index in [9.17, 15) is 13.2 Å². The Balaban J connectivity index is 3.19. The van der Waals surface area contributed by atoms with E-state index in [4.69, 9.17) is 5.11 Å². The summed E-state index contributed by atoms with van der Waals surface area (Å²) >= 11 is 0. The first-order valence-corrected chi connectivity index (χ1v) is 7.60. The standard InChI is InChI=1S/C14H19NO4S/c1-10(2)15(4)20(18,19)13-7-5-12(11(3)9-13)6-8-14(16)17/h5-10H,1-4H3,(H,16,17). The number of carbonyl (C=O) groups is 1. The summed E-state index contributed by atoms with van der Waals surface area (Å²) in [5.74, 6) is -1.04. The Labute approximate surface area is 119 Å². The predicted molar refractivity (Wildman–Crippen MR) is 77.9 cm³/mol. The third-order valence-corrected chi connectivity index (χ3v) is 5.08. The third-order valence-electron chi connectivity index (χ3n) is 3.05. The molecule has 0 unspecified atom stereocenters. The molecule has 0 aliphatic rings. The second-order valence-corrected chi connectivity index (χ2v) is 6.80. The maximum Gasteiger partial charge on any atom is 0.328 e. The zero-order valence-electron chi connectivity index (χ0n) is 12.0. The zero-order chi connectivity index (χ0) is 15.5. The Kier molecular flexibility index (Phi) is 5.08. The first-order chi connectivity index (χ1) is 9.16. The van der Waals surface area contributed by atoms with E-state index >= 15 is 0 Å². The Hall–Kier alpha value is -1.66. The van der Waals surface area contributed by atoms with Crippen molar-refractivity contribution in [2.45, 2.75) is 31.7 Å². The molecule has 20 heavy (non-hydrogen) atoms. The molecule has 0 spiro atoms. The molecule has 0 fully saturated rings. The molecule has 0 aliphatic heterocycles. The second kappa shape index (κ2) is 6.19. The summed E-state index contributed by atoms with van der Waals surface area (Å²) in [4.78, 5) is 10.7. The molecular weight excluding hydrogens is 278 g/mol. The summed E-state index contributed by atoms with van der Waals surface area (Å²) in [6.45, 7) is 5.35. The summed E-state index contributed by atoms with van der Waals surface area (Å²) in [7, 11) is -1.98. The fraction of sp³-hybridized carbons (Fsp3) is 0.357. The van der Waals surface area contributed by atoms with Crippen LogP contribution in [0.2, 0.25) is 0 Å². The lowest BCUT2D eigenvalue weighted by Crippen LogP contribution is -2.33. The van der Waals surface area contributed by atoms with Crippen molar-refractivity contribution in [3.63, 3.8) is 0 Å². The van der Waals surface area contributed by atoms with Crippen LogP contribution in [0.3, 0.4) is 0 Å². The van der Waals surface area contributed by atoms with Crippen molar-refractivity contribution >= 4 is 22.1 Å². The van der Waals surface area contributed by atoms with E-state index < -0.39 is 16.0 Å². The molecule has 0 saturated carbocycles. The molecule has 0 aromatic heterocycles. The van der Waals surface area contributed by atoms with Gasteiger partial charge in [0.05, 0.1) is 4.90 Å². The SMILES string of the molecule is Cc1cc(S(=O)(=O)N(C)C(C)C)ccc1C=CC(=O)O. The smallest absolute Gasteiger partial charge is 0.328 e. The summed E-state index contributed by atoms with van der Waals surface area (Å²) in [6, 6.07) is 4.51. The minimum Gasteiger partial charge on any atom is -0.478 e. The maximum absolute atomic E-state index is 12.3. The van der Waals surface area contributed by atoms with Gasteiger partial charge in [-0.25, -0.2) is 13.2 Å². The number of hydrogen-bond donors (Lipinski definition) is 1. The summed E-state index contributed by atoms with van der Waals surface area (Å²) in [5, 5.41) is 8.59. The summed E-state index contributed by atoms with van der Waals surface area (Å²) < 4.78 is 25.9. The predicted octanol–water partition coefficient (Wildman–Crippen LogP) is 2.12. The number of hydrogen-bond acceptors (Lipinski definition) is 3. The van der Waals surface area contributed by atoms with Gasteiger partial charge in [-0.15, -0.1) is 0 Å². The van der Waals surface area contributed by atoms with Crippen LogP contribution in [0.4, 0.5) is 0 Å². The molecule has 110 valence electrons. The van der Waals surface area contributed by atoms with E-state index in [0.717, 1.165) is 6.08 Å². The van der Waals surface area contributed by atoms with Crippen LogP contribution >= 0.6 is 0 Å². The van der Waals surface area contributed by atoms with Crippen molar-refractivity contribution in [1.29, 1.82) is 0 Å². The van der Waals surface area contributed by atoms with Crippen LogP contribution in [0.5, 0.6) is 0 Å². The van der Waals surface area contributed by atoms with E-state index in [2.05, 4.69) is 0 Å². The van der Waals surface area contributed by atoms with Gasteiger partial charge in [0.2, 0.25) is 10.0 Å². The van der Waals surface area contributed by atoms with Crippen LogP contribution in [0.25, 0.3) is 6.08 Å². The van der Waals surface area contributed by atoms with Crippen LogP contribution in [-0.4, -0.2) is 36.9 Å². The average Bonchev–Trinajstić information content (AvgIpc) is 2.35. The van der Waals surface area contributed by atoms with Crippen molar-refractivity contribution in [1.82, 2.24) is 4.31 Å². The van der Waals surface area contributed by atoms with Gasteiger partial charge in [-0.1, -0.05) is 6.07 Å². The Morgan fingerprint density at radius 2 is 1.95 bits per heavy atom. The van der Waals surface area contributed by atoms with Gasteiger partial charge >= 0.3 is 5.97 Å². The van der Waals surface area contributed by atoms with Crippen molar-refractivity contribution < 1.29 is 18.3 Å². The Bertz CT molecular complexity index is 633. The Morgan fingerprint density at radius 1 is 1.35 bits per heavy atom. The molecular formula is C14H19NO4S. The molecule has 1 aromatic rings. The highest BCUT2D eigenvalue weighted by molar-refractivity contribution is 7.89. The quantitative estimate of drug-likeness (QED) is 0.845. The number of benzene rings is 1. The van der Waals surface area contributed by atoms with Gasteiger partial charge in [-0.3, -0.25) is 0 Å². The first kappa shape index (κ1) is 16.4. The van der Waals surface area contributed by atoms with Crippen molar-refractivity contribution in [2.75, 3.05) is 7.05 Å². The molecule has 0 aliphatic carbocycles. The molecule has 1 N–H and O–H groups in total. The van der Waals surface area contributed by atoms with Crippen molar-refractivity contribution in [2.24, 2.45) is 0 Å². The van der Waals surface area contributed by atoms with Gasteiger partial charge in [-0.05, 0) is 50.1 Å². The van der Waals surface area contributed by atoms with Crippen LogP contribution in [0.1, 0.15) is 25.0 Å². The zero-order valence-corrected chi connectivity index (χ0v) is 12.8. The van der Waals surface area contributed by atoms with Gasteiger partial charge in [-0.2, -0.15) is 4.31 Å². The monoisotopic (exact) mass is 297 g/mol. The number of aryl methyl sites for hydroxylation is 1.